The van der Waals surface area contributed by atoms with Gasteiger partial charge in [0.25, 0.3) is 0 Å². The highest BCUT2D eigenvalue weighted by Gasteiger charge is 2.29. The van der Waals surface area contributed by atoms with Crippen LogP contribution in [0.1, 0.15) is 66.2 Å². The quantitative estimate of drug-likeness (QED) is 0.750. The summed E-state index contributed by atoms with van der Waals surface area (Å²) in [5, 5.41) is 10.2. The summed E-state index contributed by atoms with van der Waals surface area (Å²) in [5.74, 6) is 1.29. The zero-order valence-electron chi connectivity index (χ0n) is 12.9. The maximum Gasteiger partial charge on any atom is 0.0580 e. The molecule has 0 aromatic heterocycles. The molecule has 0 aromatic carbocycles. The molecule has 4 atom stereocenters. The lowest BCUT2D eigenvalue weighted by Gasteiger charge is -2.37. The Bertz CT molecular complexity index is 219. The van der Waals surface area contributed by atoms with Gasteiger partial charge in [0.2, 0.25) is 0 Å². The molecule has 2 heteroatoms. The molecule has 0 amide bonds. The van der Waals surface area contributed by atoms with Gasteiger partial charge in [0, 0.05) is 12.6 Å². The van der Waals surface area contributed by atoms with Gasteiger partial charge in [-0.3, -0.25) is 0 Å². The molecule has 0 aromatic rings. The predicted molar refractivity (Wildman–Crippen MR) is 78.7 cm³/mol. The summed E-state index contributed by atoms with van der Waals surface area (Å²) in [6, 6.07) is 0.654. The van der Waals surface area contributed by atoms with Crippen LogP contribution in [0.15, 0.2) is 0 Å². The van der Waals surface area contributed by atoms with Crippen LogP contribution < -0.4 is 0 Å². The summed E-state index contributed by atoms with van der Waals surface area (Å²) < 4.78 is 0. The Hall–Kier alpha value is -0.0800. The Balaban J connectivity index is 2.51. The van der Waals surface area contributed by atoms with E-state index in [4.69, 9.17) is 0 Å². The number of rotatable bonds is 7. The van der Waals surface area contributed by atoms with Crippen LogP contribution in [0.4, 0.5) is 0 Å². The highest BCUT2D eigenvalue weighted by molar-refractivity contribution is 4.81. The average molecular weight is 255 g/mol. The summed E-state index contributed by atoms with van der Waals surface area (Å²) in [6.45, 7) is 11.5. The molecule has 0 saturated heterocycles. The molecule has 1 rings (SSSR count). The van der Waals surface area contributed by atoms with Crippen LogP contribution in [0.5, 0.6) is 0 Å². The molecule has 1 aliphatic rings. The maximum atomic E-state index is 10.2. The Morgan fingerprint density at radius 1 is 1.28 bits per heavy atom. The van der Waals surface area contributed by atoms with E-state index in [0.29, 0.717) is 12.0 Å². The van der Waals surface area contributed by atoms with Crippen molar-refractivity contribution < 1.29 is 5.11 Å². The first-order valence-corrected chi connectivity index (χ1v) is 8.00. The van der Waals surface area contributed by atoms with E-state index in [1.54, 1.807) is 0 Å². The van der Waals surface area contributed by atoms with Crippen LogP contribution in [-0.2, 0) is 0 Å². The number of hydrogen-bond acceptors (Lipinski definition) is 2. The third kappa shape index (κ3) is 4.89. The van der Waals surface area contributed by atoms with E-state index in [1.807, 2.05) is 0 Å². The highest BCUT2D eigenvalue weighted by Crippen LogP contribution is 2.30. The van der Waals surface area contributed by atoms with Crippen molar-refractivity contribution in [1.82, 2.24) is 4.90 Å². The summed E-state index contributed by atoms with van der Waals surface area (Å²) in [7, 11) is 0. The van der Waals surface area contributed by atoms with Gasteiger partial charge in [0.15, 0.2) is 0 Å². The topological polar surface area (TPSA) is 23.5 Å². The van der Waals surface area contributed by atoms with E-state index in [2.05, 4.69) is 32.6 Å². The van der Waals surface area contributed by atoms with Crippen LogP contribution in [0, 0.1) is 11.8 Å². The van der Waals surface area contributed by atoms with E-state index < -0.39 is 0 Å². The summed E-state index contributed by atoms with van der Waals surface area (Å²) >= 11 is 0. The Morgan fingerprint density at radius 3 is 2.61 bits per heavy atom. The van der Waals surface area contributed by atoms with E-state index in [-0.39, 0.29) is 6.10 Å². The van der Waals surface area contributed by atoms with Crippen molar-refractivity contribution >= 4 is 0 Å². The standard InChI is InChI=1S/C16H33NO/c1-5-7-10-17(14(4)6-2)12-15-11-13(3)8-9-16(15)18/h13-16,18H,5-12H2,1-4H3. The molecule has 1 fully saturated rings. The third-order valence-electron chi connectivity index (χ3n) is 4.69. The second kappa shape index (κ2) is 8.16. The molecular formula is C16H33NO. The zero-order valence-corrected chi connectivity index (χ0v) is 12.9. The van der Waals surface area contributed by atoms with Crippen molar-refractivity contribution in [2.24, 2.45) is 11.8 Å². The van der Waals surface area contributed by atoms with Crippen LogP contribution in [0.2, 0.25) is 0 Å². The average Bonchev–Trinajstić information content (AvgIpc) is 2.37. The molecule has 108 valence electrons. The minimum atomic E-state index is -0.0608. The zero-order chi connectivity index (χ0) is 13.5. The summed E-state index contributed by atoms with van der Waals surface area (Å²) in [5.41, 5.74) is 0. The monoisotopic (exact) mass is 255 g/mol. The molecule has 0 spiro atoms. The minimum Gasteiger partial charge on any atom is -0.393 e. The van der Waals surface area contributed by atoms with Gasteiger partial charge in [-0.2, -0.15) is 0 Å². The molecule has 18 heavy (non-hydrogen) atoms. The number of nitrogens with zero attached hydrogens (tertiary/aromatic N) is 1. The third-order valence-corrected chi connectivity index (χ3v) is 4.69. The van der Waals surface area contributed by atoms with Crippen molar-refractivity contribution in [2.75, 3.05) is 13.1 Å². The highest BCUT2D eigenvalue weighted by atomic mass is 16.3. The first-order valence-electron chi connectivity index (χ1n) is 8.00. The van der Waals surface area contributed by atoms with E-state index in [0.717, 1.165) is 18.9 Å². The lowest BCUT2D eigenvalue weighted by Crippen LogP contribution is -2.42. The van der Waals surface area contributed by atoms with E-state index in [1.165, 1.54) is 38.6 Å². The number of aliphatic hydroxyl groups excluding tert-OH is 1. The Kier molecular flexibility index (Phi) is 7.25. The van der Waals surface area contributed by atoms with Gasteiger partial charge in [0.05, 0.1) is 6.10 Å². The van der Waals surface area contributed by atoms with Gasteiger partial charge in [-0.15, -0.1) is 0 Å². The molecule has 2 nitrogen and oxygen atoms in total. The van der Waals surface area contributed by atoms with Crippen LogP contribution in [0.3, 0.4) is 0 Å². The second-order valence-corrected chi connectivity index (χ2v) is 6.35. The maximum absolute atomic E-state index is 10.2. The minimum absolute atomic E-state index is 0.0608. The molecule has 0 heterocycles. The van der Waals surface area contributed by atoms with Gasteiger partial charge < -0.3 is 10.0 Å². The molecule has 1 aliphatic carbocycles. The Morgan fingerprint density at radius 2 is 2.00 bits per heavy atom. The molecule has 0 radical (unpaired) electrons. The fourth-order valence-electron chi connectivity index (χ4n) is 3.09. The fraction of sp³-hybridized carbons (Fsp3) is 1.00. The lowest BCUT2D eigenvalue weighted by atomic mass is 9.80. The first-order chi connectivity index (χ1) is 8.58. The number of hydrogen-bond donors (Lipinski definition) is 1. The summed E-state index contributed by atoms with van der Waals surface area (Å²) in [6.07, 6.45) is 7.11. The largest absolute Gasteiger partial charge is 0.393 e. The van der Waals surface area contributed by atoms with Crippen LogP contribution in [-0.4, -0.2) is 35.2 Å². The molecule has 0 aliphatic heterocycles. The van der Waals surface area contributed by atoms with Crippen LogP contribution in [0.25, 0.3) is 0 Å². The summed E-state index contributed by atoms with van der Waals surface area (Å²) in [4.78, 5) is 2.61. The second-order valence-electron chi connectivity index (χ2n) is 6.35. The van der Waals surface area contributed by atoms with Crippen molar-refractivity contribution in [3.05, 3.63) is 0 Å². The number of unbranched alkanes of at least 4 members (excludes halogenated alkanes) is 1. The molecular weight excluding hydrogens is 222 g/mol. The van der Waals surface area contributed by atoms with Gasteiger partial charge in [-0.25, -0.2) is 0 Å². The SMILES string of the molecule is CCCCN(CC1CC(C)CCC1O)C(C)CC. The van der Waals surface area contributed by atoms with Gasteiger partial charge in [-0.05, 0) is 57.4 Å². The smallest absolute Gasteiger partial charge is 0.0580 e. The van der Waals surface area contributed by atoms with Crippen molar-refractivity contribution in [3.63, 3.8) is 0 Å². The fourth-order valence-corrected chi connectivity index (χ4v) is 3.09. The molecule has 0 bridgehead atoms. The van der Waals surface area contributed by atoms with Crippen LogP contribution >= 0.6 is 0 Å². The Labute approximate surface area is 114 Å². The first kappa shape index (κ1) is 16.0. The number of aliphatic hydroxyl groups is 1. The lowest BCUT2D eigenvalue weighted by molar-refractivity contribution is 0.0223. The normalized spacial score (nSPS) is 30.7. The van der Waals surface area contributed by atoms with Gasteiger partial charge in [0.1, 0.15) is 0 Å². The molecule has 1 saturated carbocycles. The predicted octanol–water partition coefficient (Wildman–Crippen LogP) is 3.68. The van der Waals surface area contributed by atoms with Crippen molar-refractivity contribution in [2.45, 2.75) is 78.4 Å². The van der Waals surface area contributed by atoms with E-state index >= 15 is 0 Å². The molecule has 4 unspecified atom stereocenters. The van der Waals surface area contributed by atoms with Gasteiger partial charge >= 0.3 is 0 Å². The van der Waals surface area contributed by atoms with E-state index in [9.17, 15) is 5.11 Å². The van der Waals surface area contributed by atoms with Crippen molar-refractivity contribution in [3.8, 4) is 0 Å². The van der Waals surface area contributed by atoms with Gasteiger partial charge in [-0.1, -0.05) is 27.2 Å². The van der Waals surface area contributed by atoms with Crippen molar-refractivity contribution in [1.29, 1.82) is 0 Å². The molecule has 1 N–H and O–H groups in total.